The lowest BCUT2D eigenvalue weighted by Gasteiger charge is -2.27. The van der Waals surface area contributed by atoms with Crippen molar-refractivity contribution in [3.63, 3.8) is 0 Å². The minimum absolute atomic E-state index is 0.0249. The summed E-state index contributed by atoms with van der Waals surface area (Å²) in [5, 5.41) is 9.28. The van der Waals surface area contributed by atoms with E-state index in [-0.39, 0.29) is 22.4 Å². The summed E-state index contributed by atoms with van der Waals surface area (Å²) >= 11 is 5.94. The van der Waals surface area contributed by atoms with Crippen molar-refractivity contribution in [2.45, 2.75) is 25.4 Å². The maximum atomic E-state index is 11.0. The summed E-state index contributed by atoms with van der Waals surface area (Å²) in [5.74, 6) is -0.850. The number of aromatic carboxylic acids is 1. The first kappa shape index (κ1) is 11.1. The fourth-order valence-corrected chi connectivity index (χ4v) is 1.82. The summed E-state index contributed by atoms with van der Waals surface area (Å²) in [6.07, 6.45) is 3.08. The van der Waals surface area contributed by atoms with Crippen LogP contribution < -0.4 is 10.5 Å². The van der Waals surface area contributed by atoms with Crippen LogP contribution in [0.2, 0.25) is 5.02 Å². The monoisotopic (exact) mass is 241 g/mol. The van der Waals surface area contributed by atoms with E-state index in [0.717, 1.165) is 19.3 Å². The van der Waals surface area contributed by atoms with Gasteiger partial charge in [0.25, 0.3) is 0 Å². The Labute approximate surface area is 98.0 Å². The summed E-state index contributed by atoms with van der Waals surface area (Å²) in [6.45, 7) is 0. The van der Waals surface area contributed by atoms with Gasteiger partial charge in [0.1, 0.15) is 5.56 Å². The predicted molar refractivity (Wildman–Crippen MR) is 61.1 cm³/mol. The van der Waals surface area contributed by atoms with Gasteiger partial charge < -0.3 is 15.6 Å². The molecule has 1 saturated carbocycles. The molecule has 0 bridgehead atoms. The average molecular weight is 242 g/mol. The maximum absolute atomic E-state index is 11.0. The highest BCUT2D eigenvalue weighted by Crippen LogP contribution is 2.35. The summed E-state index contributed by atoms with van der Waals surface area (Å²) in [6, 6.07) is 2.87. The van der Waals surface area contributed by atoms with Gasteiger partial charge in [0.15, 0.2) is 5.75 Å². The number of carboxylic acid groups (broad SMARTS) is 1. The number of carbonyl (C=O) groups is 1. The van der Waals surface area contributed by atoms with Gasteiger partial charge in [-0.15, -0.1) is 0 Å². The molecule has 1 aliphatic rings. The zero-order valence-electron chi connectivity index (χ0n) is 8.57. The van der Waals surface area contributed by atoms with Gasteiger partial charge in [-0.25, -0.2) is 4.79 Å². The van der Waals surface area contributed by atoms with E-state index in [0.29, 0.717) is 5.69 Å². The summed E-state index contributed by atoms with van der Waals surface area (Å²) in [7, 11) is 0. The van der Waals surface area contributed by atoms with Gasteiger partial charge in [0.05, 0.1) is 11.1 Å². The number of hydrogen-bond donors (Lipinski definition) is 2. The van der Waals surface area contributed by atoms with Crippen molar-refractivity contribution in [1.29, 1.82) is 0 Å². The van der Waals surface area contributed by atoms with E-state index in [2.05, 4.69) is 0 Å². The van der Waals surface area contributed by atoms with Crippen LogP contribution in [-0.4, -0.2) is 17.2 Å². The number of halogens is 1. The van der Waals surface area contributed by atoms with Crippen molar-refractivity contribution < 1.29 is 14.6 Å². The molecule has 1 fully saturated rings. The Morgan fingerprint density at radius 3 is 2.69 bits per heavy atom. The molecule has 3 N–H and O–H groups in total. The normalized spacial score (nSPS) is 15.6. The molecule has 0 unspecified atom stereocenters. The molecule has 16 heavy (non-hydrogen) atoms. The summed E-state index contributed by atoms with van der Waals surface area (Å²) in [4.78, 5) is 11.0. The standard InChI is InChI=1S/C11H12ClNO3/c12-9-5-6(13)4-8(11(14)15)10(9)16-7-2-1-3-7/h4-5,7H,1-3,13H2,(H,14,15). The minimum atomic E-state index is -1.08. The van der Waals surface area contributed by atoms with E-state index >= 15 is 0 Å². The molecule has 0 amide bonds. The lowest BCUT2D eigenvalue weighted by molar-refractivity contribution is 0.0680. The molecule has 2 rings (SSSR count). The molecule has 0 radical (unpaired) electrons. The molecule has 0 aliphatic heterocycles. The van der Waals surface area contributed by atoms with Crippen LogP contribution in [0.3, 0.4) is 0 Å². The molecular formula is C11H12ClNO3. The van der Waals surface area contributed by atoms with E-state index in [1.54, 1.807) is 0 Å². The van der Waals surface area contributed by atoms with Crippen LogP contribution in [0, 0.1) is 0 Å². The van der Waals surface area contributed by atoms with Crippen molar-refractivity contribution in [2.75, 3.05) is 5.73 Å². The molecule has 4 nitrogen and oxygen atoms in total. The van der Waals surface area contributed by atoms with Gasteiger partial charge in [-0.1, -0.05) is 11.6 Å². The van der Waals surface area contributed by atoms with E-state index in [4.69, 9.17) is 27.2 Å². The van der Waals surface area contributed by atoms with Gasteiger partial charge in [-0.3, -0.25) is 0 Å². The van der Waals surface area contributed by atoms with Gasteiger partial charge in [0, 0.05) is 5.69 Å². The number of ether oxygens (including phenoxy) is 1. The molecule has 0 saturated heterocycles. The summed E-state index contributed by atoms with van der Waals surface area (Å²) < 4.78 is 5.56. The first-order valence-electron chi connectivity index (χ1n) is 5.07. The average Bonchev–Trinajstić information content (AvgIpc) is 2.12. The van der Waals surface area contributed by atoms with Crippen molar-refractivity contribution >= 4 is 23.3 Å². The fourth-order valence-electron chi connectivity index (χ4n) is 1.55. The third-order valence-electron chi connectivity index (χ3n) is 2.63. The van der Waals surface area contributed by atoms with Crippen LogP contribution in [0.1, 0.15) is 29.6 Å². The molecule has 0 spiro atoms. The lowest BCUT2D eigenvalue weighted by atomic mass is 9.96. The van der Waals surface area contributed by atoms with Crippen molar-refractivity contribution in [3.05, 3.63) is 22.7 Å². The van der Waals surface area contributed by atoms with E-state index in [9.17, 15) is 4.79 Å². The van der Waals surface area contributed by atoms with Gasteiger partial charge in [-0.2, -0.15) is 0 Å². The van der Waals surface area contributed by atoms with E-state index < -0.39 is 5.97 Å². The lowest BCUT2D eigenvalue weighted by Crippen LogP contribution is -2.25. The van der Waals surface area contributed by atoms with Gasteiger partial charge in [0.2, 0.25) is 0 Å². The zero-order chi connectivity index (χ0) is 11.7. The summed E-state index contributed by atoms with van der Waals surface area (Å²) in [5.41, 5.74) is 5.89. The third-order valence-corrected chi connectivity index (χ3v) is 2.91. The Balaban J connectivity index is 2.35. The quantitative estimate of drug-likeness (QED) is 0.798. The van der Waals surface area contributed by atoms with Crippen LogP contribution in [0.25, 0.3) is 0 Å². The van der Waals surface area contributed by atoms with Crippen LogP contribution in [0.4, 0.5) is 5.69 Å². The number of carboxylic acids is 1. The Morgan fingerprint density at radius 2 is 2.19 bits per heavy atom. The van der Waals surface area contributed by atoms with Crippen LogP contribution in [0.5, 0.6) is 5.75 Å². The number of nitrogen functional groups attached to an aromatic ring is 1. The molecular weight excluding hydrogens is 230 g/mol. The Bertz CT molecular complexity index is 429. The zero-order valence-corrected chi connectivity index (χ0v) is 9.33. The number of anilines is 1. The number of hydrogen-bond acceptors (Lipinski definition) is 3. The molecule has 1 aromatic carbocycles. The van der Waals surface area contributed by atoms with Crippen molar-refractivity contribution in [2.24, 2.45) is 0 Å². The van der Waals surface area contributed by atoms with Gasteiger partial charge in [-0.05, 0) is 31.4 Å². The number of nitrogens with two attached hydrogens (primary N) is 1. The highest BCUT2D eigenvalue weighted by Gasteiger charge is 2.24. The van der Waals surface area contributed by atoms with Crippen LogP contribution in [-0.2, 0) is 0 Å². The minimum Gasteiger partial charge on any atom is -0.488 e. The SMILES string of the molecule is Nc1cc(Cl)c(OC2CCC2)c(C(=O)O)c1. The van der Waals surface area contributed by atoms with Gasteiger partial charge >= 0.3 is 5.97 Å². The molecule has 1 aliphatic carbocycles. The Hall–Kier alpha value is -1.42. The third kappa shape index (κ3) is 2.07. The molecule has 86 valence electrons. The maximum Gasteiger partial charge on any atom is 0.339 e. The Morgan fingerprint density at radius 1 is 1.50 bits per heavy atom. The second kappa shape index (κ2) is 4.22. The van der Waals surface area contributed by atoms with Crippen molar-refractivity contribution in [1.82, 2.24) is 0 Å². The first-order valence-corrected chi connectivity index (χ1v) is 5.44. The second-order valence-electron chi connectivity index (χ2n) is 3.86. The van der Waals surface area contributed by atoms with Crippen molar-refractivity contribution in [3.8, 4) is 5.75 Å². The molecule has 5 heteroatoms. The van der Waals surface area contributed by atoms with E-state index in [1.165, 1.54) is 12.1 Å². The topological polar surface area (TPSA) is 72.5 Å². The van der Waals surface area contributed by atoms with E-state index in [1.807, 2.05) is 0 Å². The number of benzene rings is 1. The predicted octanol–water partition coefficient (Wildman–Crippen LogP) is 2.55. The molecule has 0 heterocycles. The molecule has 1 aromatic rings. The number of rotatable bonds is 3. The largest absolute Gasteiger partial charge is 0.488 e. The van der Waals surface area contributed by atoms with Crippen LogP contribution >= 0.6 is 11.6 Å². The van der Waals surface area contributed by atoms with Crippen LogP contribution in [0.15, 0.2) is 12.1 Å². The molecule has 0 aromatic heterocycles. The highest BCUT2D eigenvalue weighted by molar-refractivity contribution is 6.33. The Kier molecular flexibility index (Phi) is 2.92. The second-order valence-corrected chi connectivity index (χ2v) is 4.26. The molecule has 0 atom stereocenters. The fraction of sp³-hybridized carbons (Fsp3) is 0.364. The smallest absolute Gasteiger partial charge is 0.339 e. The first-order chi connectivity index (χ1) is 7.58. The highest BCUT2D eigenvalue weighted by atomic mass is 35.5.